The number of rotatable bonds is 2. The molecule has 3 rings (SSSR count). The normalized spacial score (nSPS) is 22.1. The Kier molecular flexibility index (Phi) is 3.54. The van der Waals surface area contributed by atoms with E-state index in [2.05, 4.69) is 10.3 Å². The van der Waals surface area contributed by atoms with Gasteiger partial charge in [-0.15, -0.1) is 0 Å². The maximum atomic E-state index is 13.7. The molecule has 0 saturated heterocycles. The van der Waals surface area contributed by atoms with Crippen molar-refractivity contribution in [2.75, 3.05) is 0 Å². The van der Waals surface area contributed by atoms with Crippen LogP contribution < -0.4 is 5.32 Å². The summed E-state index contributed by atoms with van der Waals surface area (Å²) in [5.74, 6) is -0.263. The van der Waals surface area contributed by atoms with E-state index in [0.29, 0.717) is 10.7 Å². The van der Waals surface area contributed by atoms with E-state index in [1.54, 1.807) is 12.1 Å². The number of aliphatic imine (C=N–C) groups is 1. The van der Waals surface area contributed by atoms with Gasteiger partial charge in [-0.05, 0) is 25.8 Å². The van der Waals surface area contributed by atoms with Crippen LogP contribution in [0.3, 0.4) is 0 Å². The lowest BCUT2D eigenvalue weighted by Crippen LogP contribution is -2.28. The van der Waals surface area contributed by atoms with Crippen LogP contribution in [0.1, 0.15) is 44.2 Å². The minimum absolute atomic E-state index is 0.0248. The topological polar surface area (TPSA) is 41.5 Å². The van der Waals surface area contributed by atoms with Crippen LogP contribution in [-0.2, 0) is 4.79 Å². The second-order valence-electron chi connectivity index (χ2n) is 5.41. The summed E-state index contributed by atoms with van der Waals surface area (Å²) in [6, 6.07) is 6.47. The van der Waals surface area contributed by atoms with E-state index in [4.69, 9.17) is 0 Å². The minimum atomic E-state index is -0.336. The van der Waals surface area contributed by atoms with Crippen LogP contribution in [0.25, 0.3) is 0 Å². The summed E-state index contributed by atoms with van der Waals surface area (Å²) in [5.41, 5.74) is 0.593. The van der Waals surface area contributed by atoms with Crippen molar-refractivity contribution in [3.63, 3.8) is 0 Å². The van der Waals surface area contributed by atoms with Gasteiger partial charge in [-0.25, -0.2) is 4.39 Å². The summed E-state index contributed by atoms with van der Waals surface area (Å²) in [6.07, 6.45) is 3.98. The van der Waals surface area contributed by atoms with Crippen LogP contribution in [0.15, 0.2) is 29.3 Å². The van der Waals surface area contributed by atoms with Gasteiger partial charge < -0.3 is 5.32 Å². The molecular formula is C15H17FN2OS. The zero-order valence-electron chi connectivity index (χ0n) is 11.4. The van der Waals surface area contributed by atoms with E-state index < -0.39 is 0 Å². The second-order valence-corrected chi connectivity index (χ2v) is 6.79. The van der Waals surface area contributed by atoms with Crippen molar-refractivity contribution in [1.82, 2.24) is 5.32 Å². The van der Waals surface area contributed by atoms with Crippen LogP contribution in [0, 0.1) is 5.82 Å². The number of carbonyl (C=O) groups is 1. The molecule has 1 atom stereocenters. The molecule has 1 aromatic carbocycles. The van der Waals surface area contributed by atoms with Crippen molar-refractivity contribution in [3.8, 4) is 0 Å². The average molecular weight is 292 g/mol. The predicted molar refractivity (Wildman–Crippen MR) is 79.2 cm³/mol. The van der Waals surface area contributed by atoms with Gasteiger partial charge in [0.05, 0.1) is 6.04 Å². The molecule has 3 nitrogen and oxygen atoms in total. The van der Waals surface area contributed by atoms with Gasteiger partial charge in [0.2, 0.25) is 0 Å². The van der Waals surface area contributed by atoms with Gasteiger partial charge in [0.15, 0.2) is 5.17 Å². The summed E-state index contributed by atoms with van der Waals surface area (Å²) in [7, 11) is 0. The number of nitrogens with one attached hydrogen (secondary N) is 1. The van der Waals surface area contributed by atoms with E-state index >= 15 is 0 Å². The van der Waals surface area contributed by atoms with Gasteiger partial charge in [-0.2, -0.15) is 4.99 Å². The fraction of sp³-hybridized carbons (Fsp3) is 0.467. The SMILES string of the molecule is C[C@H](NC1=NC(=O)C2(CCCC2)S1)c1ccccc1F. The monoisotopic (exact) mass is 292 g/mol. The molecule has 1 heterocycles. The highest BCUT2D eigenvalue weighted by atomic mass is 32.2. The van der Waals surface area contributed by atoms with E-state index in [9.17, 15) is 9.18 Å². The molecule has 20 heavy (non-hydrogen) atoms. The molecule has 1 aliphatic heterocycles. The molecule has 5 heteroatoms. The summed E-state index contributed by atoms with van der Waals surface area (Å²) < 4.78 is 13.4. The van der Waals surface area contributed by atoms with Crippen LogP contribution in [0.2, 0.25) is 0 Å². The van der Waals surface area contributed by atoms with E-state index in [0.717, 1.165) is 25.7 Å². The van der Waals surface area contributed by atoms with Crippen LogP contribution in [-0.4, -0.2) is 15.8 Å². The van der Waals surface area contributed by atoms with Crippen molar-refractivity contribution >= 4 is 22.8 Å². The molecule has 1 saturated carbocycles. The number of nitrogens with zero attached hydrogens (tertiary/aromatic N) is 1. The molecule has 1 aliphatic carbocycles. The highest BCUT2D eigenvalue weighted by molar-refractivity contribution is 8.16. The van der Waals surface area contributed by atoms with E-state index in [-0.39, 0.29) is 22.5 Å². The van der Waals surface area contributed by atoms with Gasteiger partial charge >= 0.3 is 0 Å². The van der Waals surface area contributed by atoms with Gasteiger partial charge in [0.1, 0.15) is 10.6 Å². The highest BCUT2D eigenvalue weighted by Crippen LogP contribution is 2.46. The molecule has 1 aromatic rings. The Morgan fingerprint density at radius 2 is 2.05 bits per heavy atom. The minimum Gasteiger partial charge on any atom is -0.358 e. The fourth-order valence-corrected chi connectivity index (χ4v) is 4.22. The molecule has 106 valence electrons. The zero-order chi connectivity index (χ0) is 14.2. The maximum Gasteiger partial charge on any atom is 0.264 e. The molecule has 1 fully saturated rings. The number of halogens is 1. The Bertz CT molecular complexity index is 567. The van der Waals surface area contributed by atoms with Crippen LogP contribution in [0.4, 0.5) is 4.39 Å². The number of thioether (sulfide) groups is 1. The van der Waals surface area contributed by atoms with Gasteiger partial charge in [0, 0.05) is 5.56 Å². The number of carbonyl (C=O) groups excluding carboxylic acids is 1. The Labute approximate surface area is 122 Å². The van der Waals surface area contributed by atoms with Gasteiger partial charge in [-0.3, -0.25) is 4.79 Å². The molecule has 0 unspecified atom stereocenters. The Hall–Kier alpha value is -1.36. The highest BCUT2D eigenvalue weighted by Gasteiger charge is 2.47. The molecule has 1 amide bonds. The van der Waals surface area contributed by atoms with Crippen molar-refractivity contribution in [2.45, 2.75) is 43.4 Å². The number of amides is 1. The number of amidine groups is 1. The molecule has 0 bridgehead atoms. The quantitative estimate of drug-likeness (QED) is 0.908. The standard InChI is InChI=1S/C15H17FN2OS/c1-10(11-6-2-3-7-12(11)16)17-14-18-13(19)15(20-14)8-4-5-9-15/h2-3,6-7,10H,4-5,8-9H2,1H3,(H,17,18,19)/t10-/m0/s1. The Balaban J connectivity index is 1.72. The molecule has 1 N–H and O–H groups in total. The lowest BCUT2D eigenvalue weighted by Gasteiger charge is -2.20. The smallest absolute Gasteiger partial charge is 0.264 e. The molecule has 2 aliphatic rings. The number of hydrogen-bond acceptors (Lipinski definition) is 3. The van der Waals surface area contributed by atoms with E-state index in [1.165, 1.54) is 17.8 Å². The zero-order valence-corrected chi connectivity index (χ0v) is 12.2. The average Bonchev–Trinajstić information content (AvgIpc) is 2.99. The van der Waals surface area contributed by atoms with Gasteiger partial charge in [-0.1, -0.05) is 42.8 Å². The largest absolute Gasteiger partial charge is 0.358 e. The predicted octanol–water partition coefficient (Wildman–Crippen LogP) is 3.42. The van der Waals surface area contributed by atoms with Gasteiger partial charge in [0.25, 0.3) is 5.91 Å². The first-order valence-corrected chi connectivity index (χ1v) is 7.75. The third kappa shape index (κ3) is 2.35. The first kappa shape index (κ1) is 13.6. The molecular weight excluding hydrogens is 275 g/mol. The summed E-state index contributed by atoms with van der Waals surface area (Å²) in [5, 5.41) is 3.80. The third-order valence-corrected chi connectivity index (χ3v) is 5.38. The Morgan fingerprint density at radius 1 is 1.35 bits per heavy atom. The van der Waals surface area contributed by atoms with Crippen molar-refractivity contribution < 1.29 is 9.18 Å². The van der Waals surface area contributed by atoms with Crippen LogP contribution >= 0.6 is 11.8 Å². The first-order chi connectivity index (χ1) is 9.61. The van der Waals surface area contributed by atoms with Crippen molar-refractivity contribution in [1.29, 1.82) is 0 Å². The lowest BCUT2D eigenvalue weighted by atomic mass is 10.1. The third-order valence-electron chi connectivity index (χ3n) is 4.01. The van der Waals surface area contributed by atoms with Crippen molar-refractivity contribution in [2.24, 2.45) is 4.99 Å². The maximum absolute atomic E-state index is 13.7. The second kappa shape index (κ2) is 5.20. The number of benzene rings is 1. The Morgan fingerprint density at radius 3 is 2.75 bits per heavy atom. The fourth-order valence-electron chi connectivity index (χ4n) is 2.86. The number of hydrogen-bond donors (Lipinski definition) is 1. The lowest BCUT2D eigenvalue weighted by molar-refractivity contribution is -0.119. The molecule has 0 aromatic heterocycles. The summed E-state index contributed by atoms with van der Waals surface area (Å²) >= 11 is 1.52. The summed E-state index contributed by atoms with van der Waals surface area (Å²) in [4.78, 5) is 16.2. The molecule has 0 radical (unpaired) electrons. The van der Waals surface area contributed by atoms with Crippen LogP contribution in [0.5, 0.6) is 0 Å². The first-order valence-electron chi connectivity index (χ1n) is 6.94. The molecule has 1 spiro atoms. The summed E-state index contributed by atoms with van der Waals surface area (Å²) in [6.45, 7) is 1.88. The van der Waals surface area contributed by atoms with Crippen molar-refractivity contribution in [3.05, 3.63) is 35.6 Å². The van der Waals surface area contributed by atoms with E-state index in [1.807, 2.05) is 13.0 Å².